The fourth-order valence-electron chi connectivity index (χ4n) is 3.97. The molecule has 144 valence electrons. The summed E-state index contributed by atoms with van der Waals surface area (Å²) in [5.41, 5.74) is 0.979. The van der Waals surface area contributed by atoms with Crippen molar-refractivity contribution in [2.24, 2.45) is 5.92 Å². The number of amides is 2. The second kappa shape index (κ2) is 8.73. The summed E-state index contributed by atoms with van der Waals surface area (Å²) in [5, 5.41) is 3.31. The summed E-state index contributed by atoms with van der Waals surface area (Å²) >= 11 is 0. The summed E-state index contributed by atoms with van der Waals surface area (Å²) in [7, 11) is 5.32. The Morgan fingerprint density at radius 2 is 1.96 bits per heavy atom. The minimum atomic E-state index is -0.225. The maximum Gasteiger partial charge on any atom is 0.228 e. The van der Waals surface area contributed by atoms with E-state index in [4.69, 9.17) is 4.74 Å². The summed E-state index contributed by atoms with van der Waals surface area (Å²) in [4.78, 5) is 29.1. The number of methoxy groups -OCH3 is 1. The van der Waals surface area contributed by atoms with Gasteiger partial charge < -0.3 is 19.9 Å². The van der Waals surface area contributed by atoms with Gasteiger partial charge in [0.25, 0.3) is 0 Å². The lowest BCUT2D eigenvalue weighted by Gasteiger charge is -2.41. The second-order valence-corrected chi connectivity index (χ2v) is 6.96. The Morgan fingerprint density at radius 1 is 1.27 bits per heavy atom. The van der Waals surface area contributed by atoms with Gasteiger partial charge in [0, 0.05) is 33.1 Å². The van der Waals surface area contributed by atoms with E-state index in [-0.39, 0.29) is 42.2 Å². The molecule has 3 unspecified atom stereocenters. The highest BCUT2D eigenvalue weighted by atomic mass is 35.5. The number of piperidine rings is 1. The monoisotopic (exact) mass is 381 g/mol. The number of halogens is 1. The summed E-state index contributed by atoms with van der Waals surface area (Å²) in [5.74, 6) is 0.788. The Bertz CT molecular complexity index is 631. The van der Waals surface area contributed by atoms with E-state index < -0.39 is 0 Å². The topological polar surface area (TPSA) is 61.9 Å². The van der Waals surface area contributed by atoms with Crippen LogP contribution < -0.4 is 10.1 Å². The molecule has 0 bridgehead atoms. The zero-order valence-electron chi connectivity index (χ0n) is 15.6. The van der Waals surface area contributed by atoms with Gasteiger partial charge in [-0.05, 0) is 37.1 Å². The minimum Gasteiger partial charge on any atom is -0.497 e. The number of nitrogens with one attached hydrogen (secondary N) is 1. The Labute approximate surface area is 161 Å². The third kappa shape index (κ3) is 3.96. The molecule has 2 saturated heterocycles. The van der Waals surface area contributed by atoms with E-state index in [9.17, 15) is 9.59 Å². The number of nitrogens with zero attached hydrogens (tertiary/aromatic N) is 2. The lowest BCUT2D eigenvalue weighted by atomic mass is 9.83. The molecule has 0 saturated carbocycles. The van der Waals surface area contributed by atoms with Gasteiger partial charge in [-0.3, -0.25) is 9.59 Å². The average molecular weight is 382 g/mol. The van der Waals surface area contributed by atoms with E-state index in [1.165, 1.54) is 0 Å². The maximum atomic E-state index is 13.2. The van der Waals surface area contributed by atoms with E-state index in [0.717, 1.165) is 30.8 Å². The molecule has 2 aliphatic rings. The second-order valence-electron chi connectivity index (χ2n) is 6.96. The molecule has 0 radical (unpaired) electrons. The molecule has 0 aliphatic carbocycles. The molecule has 1 N–H and O–H groups in total. The quantitative estimate of drug-likeness (QED) is 0.864. The molecule has 3 rings (SSSR count). The summed E-state index contributed by atoms with van der Waals surface area (Å²) in [6, 6.07) is 7.69. The highest BCUT2D eigenvalue weighted by Crippen LogP contribution is 2.37. The molecule has 1 aromatic carbocycles. The van der Waals surface area contributed by atoms with Crippen molar-refractivity contribution in [3.05, 3.63) is 29.8 Å². The van der Waals surface area contributed by atoms with Crippen LogP contribution in [0.1, 0.15) is 30.9 Å². The highest BCUT2D eigenvalue weighted by molar-refractivity contribution is 5.85. The van der Waals surface area contributed by atoms with E-state index in [1.54, 1.807) is 19.1 Å². The van der Waals surface area contributed by atoms with Gasteiger partial charge in [-0.15, -0.1) is 12.4 Å². The number of rotatable bonds is 4. The summed E-state index contributed by atoms with van der Waals surface area (Å²) in [6.07, 6.45) is 2.01. The van der Waals surface area contributed by atoms with Crippen LogP contribution in [0.3, 0.4) is 0 Å². The first-order valence-electron chi connectivity index (χ1n) is 8.90. The first kappa shape index (κ1) is 20.5. The van der Waals surface area contributed by atoms with Crippen molar-refractivity contribution in [2.45, 2.75) is 31.3 Å². The lowest BCUT2D eigenvalue weighted by Crippen LogP contribution is -2.49. The van der Waals surface area contributed by atoms with Crippen molar-refractivity contribution >= 4 is 24.2 Å². The van der Waals surface area contributed by atoms with Crippen molar-refractivity contribution in [1.29, 1.82) is 0 Å². The van der Waals surface area contributed by atoms with Crippen LogP contribution in [0.25, 0.3) is 0 Å². The van der Waals surface area contributed by atoms with Gasteiger partial charge in [0.1, 0.15) is 5.75 Å². The minimum absolute atomic E-state index is 0. The Morgan fingerprint density at radius 3 is 2.54 bits per heavy atom. The Kier molecular flexibility index (Phi) is 6.89. The number of benzene rings is 1. The van der Waals surface area contributed by atoms with E-state index in [1.807, 2.05) is 36.2 Å². The van der Waals surface area contributed by atoms with Gasteiger partial charge in [0.15, 0.2) is 0 Å². The SMILES string of the molecule is COc1ccc(C2C(C(=O)N(C)C3CCNC3)CCC(=O)N2C)cc1.Cl. The molecule has 2 heterocycles. The van der Waals surface area contributed by atoms with Crippen molar-refractivity contribution in [1.82, 2.24) is 15.1 Å². The molecular formula is C19H28ClN3O3. The van der Waals surface area contributed by atoms with Gasteiger partial charge in [-0.25, -0.2) is 0 Å². The zero-order chi connectivity index (χ0) is 18.0. The van der Waals surface area contributed by atoms with Crippen LogP contribution in [0.5, 0.6) is 5.75 Å². The van der Waals surface area contributed by atoms with Crippen molar-refractivity contribution in [2.75, 3.05) is 34.3 Å². The van der Waals surface area contributed by atoms with Crippen LogP contribution in [-0.2, 0) is 9.59 Å². The third-order valence-electron chi connectivity index (χ3n) is 5.57. The fourth-order valence-corrected chi connectivity index (χ4v) is 3.97. The Hall–Kier alpha value is -1.79. The van der Waals surface area contributed by atoms with E-state index >= 15 is 0 Å². The van der Waals surface area contributed by atoms with Crippen LogP contribution in [0, 0.1) is 5.92 Å². The lowest BCUT2D eigenvalue weighted by molar-refractivity contribution is -0.147. The molecule has 2 amide bonds. The molecule has 6 nitrogen and oxygen atoms in total. The molecule has 0 spiro atoms. The predicted molar refractivity (Wildman–Crippen MR) is 103 cm³/mol. The predicted octanol–water partition coefficient (Wildman–Crippen LogP) is 1.85. The number of carbonyl (C=O) groups is 2. The normalized spacial score (nSPS) is 25.6. The van der Waals surface area contributed by atoms with Crippen molar-refractivity contribution in [3.63, 3.8) is 0 Å². The highest BCUT2D eigenvalue weighted by Gasteiger charge is 2.41. The molecule has 2 fully saturated rings. The number of carbonyl (C=O) groups excluding carboxylic acids is 2. The average Bonchev–Trinajstić information content (AvgIpc) is 3.17. The Balaban J connectivity index is 0.00000243. The molecule has 3 atom stereocenters. The smallest absolute Gasteiger partial charge is 0.228 e. The van der Waals surface area contributed by atoms with Gasteiger partial charge in [-0.2, -0.15) is 0 Å². The van der Waals surface area contributed by atoms with E-state index in [0.29, 0.717) is 12.8 Å². The van der Waals surface area contributed by atoms with Crippen LogP contribution in [0.2, 0.25) is 0 Å². The van der Waals surface area contributed by atoms with Gasteiger partial charge in [-0.1, -0.05) is 12.1 Å². The number of likely N-dealkylation sites (N-methyl/N-ethyl adjacent to an activating group) is 1. The van der Waals surface area contributed by atoms with Crippen LogP contribution in [0.15, 0.2) is 24.3 Å². The van der Waals surface area contributed by atoms with Gasteiger partial charge in [0.05, 0.1) is 19.1 Å². The molecule has 0 aromatic heterocycles. The van der Waals surface area contributed by atoms with Gasteiger partial charge in [0.2, 0.25) is 11.8 Å². The molecule has 1 aromatic rings. The van der Waals surface area contributed by atoms with Crippen LogP contribution in [0.4, 0.5) is 0 Å². The standard InChI is InChI=1S/C19H27N3O3.ClH/c1-21(14-10-11-20-12-14)19(24)16-8-9-17(23)22(2)18(16)13-4-6-15(25-3)7-5-13;/h4-7,14,16,18,20H,8-12H2,1-3H3;1H. The maximum absolute atomic E-state index is 13.2. The number of hydrogen-bond acceptors (Lipinski definition) is 4. The number of likely N-dealkylation sites (tertiary alicyclic amines) is 1. The molecule has 26 heavy (non-hydrogen) atoms. The van der Waals surface area contributed by atoms with Crippen molar-refractivity contribution in [3.8, 4) is 5.75 Å². The number of hydrogen-bond donors (Lipinski definition) is 1. The van der Waals surface area contributed by atoms with Crippen molar-refractivity contribution < 1.29 is 14.3 Å². The summed E-state index contributed by atoms with van der Waals surface area (Å²) < 4.78 is 5.22. The van der Waals surface area contributed by atoms with E-state index in [2.05, 4.69) is 5.32 Å². The number of ether oxygens (including phenoxy) is 1. The first-order valence-corrected chi connectivity index (χ1v) is 8.90. The van der Waals surface area contributed by atoms with Gasteiger partial charge >= 0.3 is 0 Å². The first-order chi connectivity index (χ1) is 12.0. The fraction of sp³-hybridized carbons (Fsp3) is 0.579. The largest absolute Gasteiger partial charge is 0.497 e. The summed E-state index contributed by atoms with van der Waals surface area (Å²) in [6.45, 7) is 1.80. The van der Waals surface area contributed by atoms with Crippen LogP contribution in [-0.4, -0.2) is 62.0 Å². The molecule has 2 aliphatic heterocycles. The van der Waals surface area contributed by atoms with Crippen LogP contribution >= 0.6 is 12.4 Å². The third-order valence-corrected chi connectivity index (χ3v) is 5.57. The molecular weight excluding hydrogens is 354 g/mol. The molecule has 7 heteroatoms. The zero-order valence-corrected chi connectivity index (χ0v) is 16.4.